The topological polar surface area (TPSA) is 74.8 Å². The molecule has 5 heteroatoms. The van der Waals surface area contributed by atoms with Crippen LogP contribution in [-0.2, 0) is 6.54 Å². The smallest absolute Gasteiger partial charge is 0.0531 e. The molecule has 64 valence electrons. The summed E-state index contributed by atoms with van der Waals surface area (Å²) in [5.41, 5.74) is 15.1. The van der Waals surface area contributed by atoms with Crippen molar-refractivity contribution in [1.82, 2.24) is 0 Å². The Kier molecular flexibility index (Phi) is 4.69. The van der Waals surface area contributed by atoms with E-state index in [4.69, 9.17) is 11.3 Å². The van der Waals surface area contributed by atoms with Crippen molar-refractivity contribution in [2.45, 2.75) is 6.54 Å². The molecule has 1 aromatic carbocycles. The molecule has 0 heterocycles. The summed E-state index contributed by atoms with van der Waals surface area (Å²) in [5, 5.41) is 3.40. The number of halogens is 1. The number of nitrogens with zero attached hydrogens (tertiary/aromatic N) is 3. The number of hydrogen-bond acceptors (Lipinski definition) is 2. The molecule has 0 bridgehead atoms. The Bertz CT molecular complexity index is 293. The quantitative estimate of drug-likeness (QED) is 0.326. The summed E-state index contributed by atoms with van der Waals surface area (Å²) in [6.45, 7) is 0.323. The van der Waals surface area contributed by atoms with E-state index in [0.717, 1.165) is 5.56 Å². The van der Waals surface area contributed by atoms with E-state index in [-0.39, 0.29) is 12.4 Å². The van der Waals surface area contributed by atoms with E-state index >= 15 is 0 Å². The van der Waals surface area contributed by atoms with Crippen molar-refractivity contribution in [3.63, 3.8) is 0 Å². The zero-order chi connectivity index (χ0) is 8.10. The molecule has 0 aromatic heterocycles. The summed E-state index contributed by atoms with van der Waals surface area (Å²) in [7, 11) is 0. The minimum atomic E-state index is 0. The Morgan fingerprint density at radius 3 is 2.67 bits per heavy atom. The zero-order valence-corrected chi connectivity index (χ0v) is 7.16. The lowest BCUT2D eigenvalue weighted by Crippen LogP contribution is -1.90. The standard InChI is InChI=1S/C7H8N4.ClH/c8-7-4-2-1-3-6(7)5-10-11-9;/h1-4H,5,8H2;1H. The average Bonchev–Trinajstić information content (AvgIpc) is 2.03. The predicted molar refractivity (Wildman–Crippen MR) is 51.0 cm³/mol. The van der Waals surface area contributed by atoms with Gasteiger partial charge in [0.05, 0.1) is 6.54 Å². The lowest BCUT2D eigenvalue weighted by atomic mass is 10.2. The highest BCUT2D eigenvalue weighted by molar-refractivity contribution is 5.85. The van der Waals surface area contributed by atoms with E-state index in [1.807, 2.05) is 18.2 Å². The number of nitrogens with two attached hydrogens (primary N) is 1. The van der Waals surface area contributed by atoms with Gasteiger partial charge in [-0.3, -0.25) is 0 Å². The third-order valence-electron chi connectivity index (χ3n) is 1.36. The summed E-state index contributed by atoms with van der Waals surface area (Å²) in [4.78, 5) is 2.64. The van der Waals surface area contributed by atoms with Crippen molar-refractivity contribution in [2.24, 2.45) is 5.11 Å². The molecular weight excluding hydrogens is 176 g/mol. The van der Waals surface area contributed by atoms with E-state index in [0.29, 0.717) is 12.2 Å². The van der Waals surface area contributed by atoms with Crippen LogP contribution in [0.5, 0.6) is 0 Å². The van der Waals surface area contributed by atoms with Crippen LogP contribution in [0.3, 0.4) is 0 Å². The molecule has 1 rings (SSSR count). The Morgan fingerprint density at radius 2 is 2.08 bits per heavy atom. The van der Waals surface area contributed by atoms with Crippen LogP contribution in [0.2, 0.25) is 0 Å². The molecule has 0 radical (unpaired) electrons. The summed E-state index contributed by atoms with van der Waals surface area (Å²) in [6.07, 6.45) is 0. The highest BCUT2D eigenvalue weighted by Gasteiger charge is 1.93. The molecule has 0 fully saturated rings. The van der Waals surface area contributed by atoms with Crippen molar-refractivity contribution in [2.75, 3.05) is 5.73 Å². The molecule has 0 aliphatic carbocycles. The van der Waals surface area contributed by atoms with Crippen LogP contribution in [0.15, 0.2) is 29.4 Å². The number of rotatable bonds is 2. The molecule has 0 atom stereocenters. The number of anilines is 1. The highest BCUT2D eigenvalue weighted by atomic mass is 35.5. The van der Waals surface area contributed by atoms with Crippen molar-refractivity contribution >= 4 is 18.1 Å². The minimum absolute atomic E-state index is 0. The van der Waals surface area contributed by atoms with E-state index in [1.54, 1.807) is 6.07 Å². The van der Waals surface area contributed by atoms with Gasteiger partial charge in [0.15, 0.2) is 0 Å². The molecule has 4 nitrogen and oxygen atoms in total. The maximum atomic E-state index is 8.04. The van der Waals surface area contributed by atoms with Crippen LogP contribution in [0.1, 0.15) is 5.56 Å². The number of para-hydroxylation sites is 1. The summed E-state index contributed by atoms with van der Waals surface area (Å²) < 4.78 is 0. The van der Waals surface area contributed by atoms with E-state index in [2.05, 4.69) is 10.0 Å². The van der Waals surface area contributed by atoms with Crippen LogP contribution < -0.4 is 5.73 Å². The maximum absolute atomic E-state index is 8.04. The Labute approximate surface area is 76.4 Å². The van der Waals surface area contributed by atoms with Crippen LogP contribution in [0, 0.1) is 0 Å². The summed E-state index contributed by atoms with van der Waals surface area (Å²) in [5.74, 6) is 0. The van der Waals surface area contributed by atoms with Gasteiger partial charge in [-0.2, -0.15) is 0 Å². The molecule has 0 spiro atoms. The second-order valence-corrected chi connectivity index (χ2v) is 2.09. The van der Waals surface area contributed by atoms with E-state index < -0.39 is 0 Å². The third kappa shape index (κ3) is 2.70. The fourth-order valence-corrected chi connectivity index (χ4v) is 0.786. The van der Waals surface area contributed by atoms with Gasteiger partial charge in [0, 0.05) is 10.6 Å². The van der Waals surface area contributed by atoms with Crippen LogP contribution in [-0.4, -0.2) is 0 Å². The Balaban J connectivity index is 0.00000121. The molecule has 0 unspecified atom stereocenters. The van der Waals surface area contributed by atoms with E-state index in [1.165, 1.54) is 0 Å². The van der Waals surface area contributed by atoms with Gasteiger partial charge in [0.2, 0.25) is 0 Å². The fraction of sp³-hybridized carbons (Fsp3) is 0.143. The maximum Gasteiger partial charge on any atom is 0.0531 e. The SMILES string of the molecule is Cl.[N-]=[N+]=NCc1ccccc1N. The molecule has 2 N–H and O–H groups in total. The van der Waals surface area contributed by atoms with Gasteiger partial charge in [0.25, 0.3) is 0 Å². The first-order valence-electron chi connectivity index (χ1n) is 3.19. The second kappa shape index (κ2) is 5.29. The van der Waals surface area contributed by atoms with Gasteiger partial charge in [-0.05, 0) is 17.2 Å². The Hall–Kier alpha value is -1.38. The lowest BCUT2D eigenvalue weighted by molar-refractivity contribution is 1.05. The first kappa shape index (κ1) is 10.6. The van der Waals surface area contributed by atoms with Crippen LogP contribution >= 0.6 is 12.4 Å². The van der Waals surface area contributed by atoms with E-state index in [9.17, 15) is 0 Å². The molecule has 0 amide bonds. The summed E-state index contributed by atoms with van der Waals surface area (Å²) in [6, 6.07) is 7.32. The number of azide groups is 1. The molecular formula is C7H9ClN4. The van der Waals surface area contributed by atoms with Crippen LogP contribution in [0.25, 0.3) is 10.4 Å². The van der Waals surface area contributed by atoms with Gasteiger partial charge >= 0.3 is 0 Å². The second-order valence-electron chi connectivity index (χ2n) is 2.09. The van der Waals surface area contributed by atoms with Gasteiger partial charge in [0.1, 0.15) is 0 Å². The molecule has 0 aliphatic rings. The largest absolute Gasteiger partial charge is 0.399 e. The lowest BCUT2D eigenvalue weighted by Gasteiger charge is -1.98. The summed E-state index contributed by atoms with van der Waals surface area (Å²) >= 11 is 0. The molecule has 0 saturated carbocycles. The third-order valence-corrected chi connectivity index (χ3v) is 1.36. The first-order chi connectivity index (χ1) is 5.34. The molecule has 1 aromatic rings. The Morgan fingerprint density at radius 1 is 1.42 bits per heavy atom. The van der Waals surface area contributed by atoms with Gasteiger partial charge < -0.3 is 5.73 Å². The van der Waals surface area contributed by atoms with Gasteiger partial charge in [-0.1, -0.05) is 23.3 Å². The normalized spacial score (nSPS) is 8.00. The number of hydrogen-bond donors (Lipinski definition) is 1. The predicted octanol–water partition coefficient (Wildman–Crippen LogP) is 2.50. The van der Waals surface area contributed by atoms with Gasteiger partial charge in [-0.15, -0.1) is 12.4 Å². The molecule has 0 saturated heterocycles. The molecule has 12 heavy (non-hydrogen) atoms. The number of benzene rings is 1. The highest BCUT2D eigenvalue weighted by Crippen LogP contribution is 2.10. The monoisotopic (exact) mass is 184 g/mol. The van der Waals surface area contributed by atoms with Crippen molar-refractivity contribution in [3.8, 4) is 0 Å². The fourth-order valence-electron chi connectivity index (χ4n) is 0.786. The number of nitrogen functional groups attached to an aromatic ring is 1. The minimum Gasteiger partial charge on any atom is -0.399 e. The van der Waals surface area contributed by atoms with Crippen LogP contribution in [0.4, 0.5) is 5.69 Å². The average molecular weight is 185 g/mol. The zero-order valence-electron chi connectivity index (χ0n) is 6.34. The first-order valence-corrected chi connectivity index (χ1v) is 3.19. The van der Waals surface area contributed by atoms with Crippen molar-refractivity contribution < 1.29 is 0 Å². The molecule has 0 aliphatic heterocycles. The van der Waals surface area contributed by atoms with Crippen molar-refractivity contribution in [3.05, 3.63) is 40.3 Å². The van der Waals surface area contributed by atoms with Gasteiger partial charge in [-0.25, -0.2) is 0 Å². The van der Waals surface area contributed by atoms with Crippen molar-refractivity contribution in [1.29, 1.82) is 0 Å².